The standard InChI is InChI=1S/C13H17Cl2N/c1-2-7-16(11-4-5-11)13-6-3-10(9-14)8-12(13)15/h3,6,8,11H,2,4-5,7,9H2,1H3. The molecule has 0 radical (unpaired) electrons. The molecule has 1 aromatic carbocycles. The molecule has 1 nitrogen and oxygen atoms in total. The maximum atomic E-state index is 6.31. The molecule has 0 atom stereocenters. The normalized spacial score (nSPS) is 15.2. The van der Waals surface area contributed by atoms with Gasteiger partial charge in [-0.15, -0.1) is 11.6 Å². The molecule has 16 heavy (non-hydrogen) atoms. The van der Waals surface area contributed by atoms with E-state index in [-0.39, 0.29) is 0 Å². The van der Waals surface area contributed by atoms with Gasteiger partial charge in [0.1, 0.15) is 0 Å². The molecule has 0 amide bonds. The minimum atomic E-state index is 0.525. The lowest BCUT2D eigenvalue weighted by atomic mass is 10.2. The van der Waals surface area contributed by atoms with Gasteiger partial charge in [-0.05, 0) is 37.0 Å². The Morgan fingerprint density at radius 1 is 1.38 bits per heavy atom. The van der Waals surface area contributed by atoms with Gasteiger partial charge in [-0.1, -0.05) is 24.6 Å². The third kappa shape index (κ3) is 2.64. The van der Waals surface area contributed by atoms with Crippen LogP contribution in [0.4, 0.5) is 5.69 Å². The van der Waals surface area contributed by atoms with Crippen LogP contribution in [0, 0.1) is 0 Å². The van der Waals surface area contributed by atoms with Crippen LogP contribution in [0.5, 0.6) is 0 Å². The fourth-order valence-electron chi connectivity index (χ4n) is 1.99. The summed E-state index contributed by atoms with van der Waals surface area (Å²) in [6, 6.07) is 6.86. The van der Waals surface area contributed by atoms with E-state index < -0.39 is 0 Å². The van der Waals surface area contributed by atoms with Gasteiger partial charge < -0.3 is 4.90 Å². The average molecular weight is 258 g/mol. The first kappa shape index (κ1) is 12.1. The van der Waals surface area contributed by atoms with Crippen molar-refractivity contribution in [2.24, 2.45) is 0 Å². The Morgan fingerprint density at radius 2 is 2.12 bits per heavy atom. The first-order valence-corrected chi connectivity index (χ1v) is 6.78. The van der Waals surface area contributed by atoms with Crippen LogP contribution in [0.25, 0.3) is 0 Å². The van der Waals surface area contributed by atoms with Crippen LogP contribution in [0.3, 0.4) is 0 Å². The Hall–Kier alpha value is -0.400. The van der Waals surface area contributed by atoms with Crippen molar-refractivity contribution in [2.45, 2.75) is 38.1 Å². The molecule has 2 rings (SSSR count). The van der Waals surface area contributed by atoms with Crippen molar-refractivity contribution in [2.75, 3.05) is 11.4 Å². The molecule has 0 unspecified atom stereocenters. The van der Waals surface area contributed by atoms with Gasteiger partial charge >= 0.3 is 0 Å². The van der Waals surface area contributed by atoms with Crippen LogP contribution in [0.15, 0.2) is 18.2 Å². The third-order valence-electron chi connectivity index (χ3n) is 2.93. The second kappa shape index (κ2) is 5.29. The van der Waals surface area contributed by atoms with E-state index in [0.717, 1.165) is 23.6 Å². The van der Waals surface area contributed by atoms with Crippen LogP contribution < -0.4 is 4.90 Å². The first-order chi connectivity index (χ1) is 7.76. The molecule has 0 N–H and O–H groups in total. The lowest BCUT2D eigenvalue weighted by molar-refractivity contribution is 0.763. The van der Waals surface area contributed by atoms with E-state index in [4.69, 9.17) is 23.2 Å². The van der Waals surface area contributed by atoms with Gasteiger partial charge in [0.05, 0.1) is 10.7 Å². The minimum absolute atomic E-state index is 0.525. The summed E-state index contributed by atoms with van der Waals surface area (Å²) in [7, 11) is 0. The van der Waals surface area contributed by atoms with Crippen molar-refractivity contribution < 1.29 is 0 Å². The summed E-state index contributed by atoms with van der Waals surface area (Å²) in [6.45, 7) is 3.29. The summed E-state index contributed by atoms with van der Waals surface area (Å²) >= 11 is 12.1. The van der Waals surface area contributed by atoms with Crippen LogP contribution in [-0.4, -0.2) is 12.6 Å². The van der Waals surface area contributed by atoms with E-state index in [0.29, 0.717) is 11.9 Å². The van der Waals surface area contributed by atoms with E-state index >= 15 is 0 Å². The topological polar surface area (TPSA) is 3.24 Å². The van der Waals surface area contributed by atoms with E-state index in [1.807, 2.05) is 6.07 Å². The number of hydrogen-bond acceptors (Lipinski definition) is 1. The van der Waals surface area contributed by atoms with Crippen molar-refractivity contribution >= 4 is 28.9 Å². The van der Waals surface area contributed by atoms with Crippen molar-refractivity contribution in [3.63, 3.8) is 0 Å². The fraction of sp³-hybridized carbons (Fsp3) is 0.538. The zero-order valence-corrected chi connectivity index (χ0v) is 11.1. The molecule has 0 heterocycles. The molecule has 0 saturated heterocycles. The van der Waals surface area contributed by atoms with Crippen molar-refractivity contribution in [3.8, 4) is 0 Å². The summed E-state index contributed by atoms with van der Waals surface area (Å²) in [5.74, 6) is 0.525. The highest BCUT2D eigenvalue weighted by Crippen LogP contribution is 2.36. The molecule has 1 saturated carbocycles. The molecule has 1 aliphatic carbocycles. The predicted molar refractivity (Wildman–Crippen MR) is 71.7 cm³/mol. The van der Waals surface area contributed by atoms with Gasteiger partial charge in [0.15, 0.2) is 0 Å². The first-order valence-electron chi connectivity index (χ1n) is 5.87. The highest BCUT2D eigenvalue weighted by Gasteiger charge is 2.29. The number of nitrogens with zero attached hydrogens (tertiary/aromatic N) is 1. The zero-order valence-electron chi connectivity index (χ0n) is 9.55. The quantitative estimate of drug-likeness (QED) is 0.705. The van der Waals surface area contributed by atoms with Crippen molar-refractivity contribution in [3.05, 3.63) is 28.8 Å². The minimum Gasteiger partial charge on any atom is -0.367 e. The SMILES string of the molecule is CCCN(c1ccc(CCl)cc1Cl)C1CC1. The fourth-order valence-corrected chi connectivity index (χ4v) is 2.47. The highest BCUT2D eigenvalue weighted by atomic mass is 35.5. The smallest absolute Gasteiger partial charge is 0.0642 e. The second-order valence-electron chi connectivity index (χ2n) is 4.34. The molecule has 1 aliphatic rings. The van der Waals surface area contributed by atoms with Gasteiger partial charge in [0.2, 0.25) is 0 Å². The number of halogens is 2. The second-order valence-corrected chi connectivity index (χ2v) is 5.02. The molecule has 1 aromatic rings. The zero-order chi connectivity index (χ0) is 11.5. The number of hydrogen-bond donors (Lipinski definition) is 0. The summed E-state index contributed by atoms with van der Waals surface area (Å²) in [5, 5.41) is 0.832. The Balaban J connectivity index is 2.22. The summed E-state index contributed by atoms with van der Waals surface area (Å²) in [4.78, 5) is 2.43. The molecule has 3 heteroatoms. The van der Waals surface area contributed by atoms with Crippen LogP contribution in [0.2, 0.25) is 5.02 Å². The van der Waals surface area contributed by atoms with Gasteiger partial charge in [0.25, 0.3) is 0 Å². The Morgan fingerprint density at radius 3 is 2.62 bits per heavy atom. The predicted octanol–water partition coefficient (Wildman–Crippen LogP) is 4.46. The van der Waals surface area contributed by atoms with Crippen LogP contribution in [-0.2, 0) is 5.88 Å². The number of anilines is 1. The number of benzene rings is 1. The van der Waals surface area contributed by atoms with Gasteiger partial charge in [-0.2, -0.15) is 0 Å². The number of rotatable bonds is 5. The molecule has 88 valence electrons. The molecule has 0 aliphatic heterocycles. The third-order valence-corrected chi connectivity index (χ3v) is 3.54. The average Bonchev–Trinajstić information content (AvgIpc) is 3.10. The summed E-state index contributed by atoms with van der Waals surface area (Å²) in [5.41, 5.74) is 2.25. The lowest BCUT2D eigenvalue weighted by Gasteiger charge is -2.25. The molecular weight excluding hydrogens is 241 g/mol. The maximum Gasteiger partial charge on any atom is 0.0642 e. The van der Waals surface area contributed by atoms with Gasteiger partial charge in [0, 0.05) is 18.5 Å². The maximum absolute atomic E-state index is 6.31. The highest BCUT2D eigenvalue weighted by molar-refractivity contribution is 6.33. The molecule has 0 spiro atoms. The van der Waals surface area contributed by atoms with E-state index in [1.54, 1.807) is 0 Å². The molecule has 0 bridgehead atoms. The Kier molecular flexibility index (Phi) is 3.99. The van der Waals surface area contributed by atoms with Crippen LogP contribution >= 0.6 is 23.2 Å². The van der Waals surface area contributed by atoms with E-state index in [9.17, 15) is 0 Å². The summed E-state index contributed by atoms with van der Waals surface area (Å²) in [6.07, 6.45) is 3.76. The summed E-state index contributed by atoms with van der Waals surface area (Å²) < 4.78 is 0. The van der Waals surface area contributed by atoms with Gasteiger partial charge in [-0.25, -0.2) is 0 Å². The van der Waals surface area contributed by atoms with E-state index in [1.165, 1.54) is 18.5 Å². The molecule has 1 fully saturated rings. The molecular formula is C13H17Cl2N. The monoisotopic (exact) mass is 257 g/mol. The Bertz CT molecular complexity index is 361. The van der Waals surface area contributed by atoms with Crippen molar-refractivity contribution in [1.29, 1.82) is 0 Å². The van der Waals surface area contributed by atoms with Gasteiger partial charge in [-0.3, -0.25) is 0 Å². The largest absolute Gasteiger partial charge is 0.367 e. The Labute approximate surface area is 107 Å². The van der Waals surface area contributed by atoms with Crippen molar-refractivity contribution in [1.82, 2.24) is 0 Å². The lowest BCUT2D eigenvalue weighted by Crippen LogP contribution is -2.26. The molecule has 0 aromatic heterocycles. The van der Waals surface area contributed by atoms with Crippen LogP contribution in [0.1, 0.15) is 31.7 Å². The van der Waals surface area contributed by atoms with E-state index in [2.05, 4.69) is 24.0 Å². The number of alkyl halides is 1.